The van der Waals surface area contributed by atoms with Crippen LogP contribution in [0.1, 0.15) is 31.2 Å². The molecule has 15 heteroatoms. The molecule has 3 N–H and O–H groups in total. The summed E-state index contributed by atoms with van der Waals surface area (Å²) in [7, 11) is -4.31. The highest BCUT2D eigenvalue weighted by Crippen LogP contribution is 2.43. The van der Waals surface area contributed by atoms with Crippen LogP contribution < -0.4 is 15.4 Å². The van der Waals surface area contributed by atoms with Crippen molar-refractivity contribution < 1.29 is 39.6 Å². The van der Waals surface area contributed by atoms with Crippen molar-refractivity contribution in [3.05, 3.63) is 41.7 Å². The molecule has 0 saturated carbocycles. The Morgan fingerprint density at radius 3 is 1.88 bits per heavy atom. The van der Waals surface area contributed by atoms with E-state index in [1.807, 2.05) is 0 Å². The van der Waals surface area contributed by atoms with Gasteiger partial charge in [-0.1, -0.05) is 6.92 Å². The second-order valence-electron chi connectivity index (χ2n) is 7.27. The number of aromatic nitrogens is 2. The fourth-order valence-electron chi connectivity index (χ4n) is 2.86. The molecule has 1 amide bonds. The van der Waals surface area contributed by atoms with Gasteiger partial charge in [-0.2, -0.15) is 26.3 Å². The predicted octanol–water partition coefficient (Wildman–Crippen LogP) is 4.04. The zero-order valence-electron chi connectivity index (χ0n) is 18.1. The van der Waals surface area contributed by atoms with Crippen molar-refractivity contribution in [3.63, 3.8) is 0 Å². The number of halogens is 6. The zero-order chi connectivity index (χ0) is 25.9. The highest BCUT2D eigenvalue weighted by molar-refractivity contribution is 7.92. The van der Waals surface area contributed by atoms with Gasteiger partial charge < -0.3 is 10.6 Å². The van der Waals surface area contributed by atoms with Gasteiger partial charge in [-0.25, -0.2) is 23.1 Å². The molecule has 0 radical (unpaired) electrons. The Morgan fingerprint density at radius 2 is 1.44 bits per heavy atom. The van der Waals surface area contributed by atoms with Crippen molar-refractivity contribution in [3.8, 4) is 0 Å². The molecule has 2 rings (SSSR count). The van der Waals surface area contributed by atoms with Crippen LogP contribution in [0.4, 0.5) is 38.0 Å². The molecule has 2 aromatic rings. The van der Waals surface area contributed by atoms with E-state index in [1.165, 1.54) is 12.2 Å². The molecule has 0 aliphatic heterocycles. The van der Waals surface area contributed by atoms with Gasteiger partial charge in [-0.3, -0.25) is 4.79 Å². The highest BCUT2D eigenvalue weighted by atomic mass is 32.2. The van der Waals surface area contributed by atoms with E-state index in [0.29, 0.717) is 23.5 Å². The number of carbonyl (C=O) groups excluding carboxylic acids is 1. The van der Waals surface area contributed by atoms with Gasteiger partial charge in [0.25, 0.3) is 10.0 Å². The minimum atomic E-state index is -5.98. The summed E-state index contributed by atoms with van der Waals surface area (Å²) < 4.78 is 109. The first-order valence-electron chi connectivity index (χ1n) is 9.68. The van der Waals surface area contributed by atoms with Crippen LogP contribution in [0, 0.1) is 13.8 Å². The number of carbonyl (C=O) groups is 1. The van der Waals surface area contributed by atoms with Crippen molar-refractivity contribution in [2.24, 2.45) is 0 Å². The largest absolute Gasteiger partial charge is 0.439 e. The summed E-state index contributed by atoms with van der Waals surface area (Å²) in [6, 6.07) is 4.58. The number of nitrogens with one attached hydrogen (secondary N) is 3. The minimum absolute atomic E-state index is 0.0152. The second kappa shape index (κ2) is 9.64. The van der Waals surface area contributed by atoms with Gasteiger partial charge in [0.05, 0.1) is 4.90 Å². The van der Waals surface area contributed by atoms with Crippen molar-refractivity contribution in [2.75, 3.05) is 10.0 Å². The van der Waals surface area contributed by atoms with Gasteiger partial charge in [-0.05, 0) is 50.6 Å². The van der Waals surface area contributed by atoms with Crippen LogP contribution in [0.25, 0.3) is 0 Å². The maximum absolute atomic E-state index is 13.6. The Bertz CT molecular complexity index is 1100. The normalized spacial score (nSPS) is 12.9. The van der Waals surface area contributed by atoms with Gasteiger partial charge in [0, 0.05) is 23.5 Å². The first-order chi connectivity index (χ1) is 15.5. The first kappa shape index (κ1) is 27.1. The molecule has 1 heterocycles. The molecule has 1 aromatic carbocycles. The molecule has 0 saturated heterocycles. The highest BCUT2D eigenvalue weighted by Gasteiger charge is 2.72. The molecule has 0 unspecified atom stereocenters. The Kier molecular flexibility index (Phi) is 7.70. The Morgan fingerprint density at radius 1 is 0.941 bits per heavy atom. The second-order valence-corrected chi connectivity index (χ2v) is 8.96. The smallest absolute Gasteiger partial charge is 0.348 e. The van der Waals surface area contributed by atoms with Gasteiger partial charge in [0.1, 0.15) is 0 Å². The van der Waals surface area contributed by atoms with Gasteiger partial charge in [0.15, 0.2) is 0 Å². The maximum atomic E-state index is 13.6. The van der Waals surface area contributed by atoms with E-state index in [1.54, 1.807) is 19.9 Å². The van der Waals surface area contributed by atoms with Crippen LogP contribution in [-0.4, -0.2) is 42.3 Å². The average Bonchev–Trinajstić information content (AvgIpc) is 2.65. The van der Waals surface area contributed by atoms with Gasteiger partial charge in [0.2, 0.25) is 11.9 Å². The van der Waals surface area contributed by atoms with Crippen LogP contribution in [0.15, 0.2) is 35.2 Å². The predicted molar refractivity (Wildman–Crippen MR) is 110 cm³/mol. The minimum Gasteiger partial charge on any atom is -0.348 e. The van der Waals surface area contributed by atoms with Crippen molar-refractivity contribution in [1.29, 1.82) is 0 Å². The number of sulfonamides is 1. The molecule has 1 aromatic heterocycles. The van der Waals surface area contributed by atoms with E-state index < -0.39 is 50.9 Å². The zero-order valence-corrected chi connectivity index (χ0v) is 18.9. The molecule has 34 heavy (non-hydrogen) atoms. The van der Waals surface area contributed by atoms with Crippen LogP contribution in [0.2, 0.25) is 0 Å². The molecule has 0 aliphatic carbocycles. The third-order valence-corrected chi connectivity index (χ3v) is 5.70. The number of benzene rings is 1. The fraction of sp³-hybridized carbons (Fsp3) is 0.421. The van der Waals surface area contributed by atoms with E-state index in [9.17, 15) is 39.6 Å². The molecule has 8 nitrogen and oxygen atoms in total. The number of hydrogen-bond donors (Lipinski definition) is 3. The van der Waals surface area contributed by atoms with Gasteiger partial charge in [-0.15, -0.1) is 0 Å². The summed E-state index contributed by atoms with van der Waals surface area (Å²) in [5.74, 6) is -1.73. The monoisotopic (exact) mass is 513 g/mol. The topological polar surface area (TPSA) is 113 Å². The molecule has 0 bridgehead atoms. The van der Waals surface area contributed by atoms with E-state index in [2.05, 4.69) is 14.7 Å². The summed E-state index contributed by atoms with van der Waals surface area (Å²) in [5.41, 5.74) is -4.61. The van der Waals surface area contributed by atoms with E-state index >= 15 is 0 Å². The van der Waals surface area contributed by atoms with Gasteiger partial charge >= 0.3 is 18.0 Å². The van der Waals surface area contributed by atoms with Crippen LogP contribution >= 0.6 is 0 Å². The fourth-order valence-corrected chi connectivity index (χ4v) is 3.80. The summed E-state index contributed by atoms with van der Waals surface area (Å²) in [6.45, 7) is 4.60. The summed E-state index contributed by atoms with van der Waals surface area (Å²) in [6.07, 6.45) is -12.5. The quantitative estimate of drug-likeness (QED) is 0.363. The molecule has 188 valence electrons. The number of alkyl halides is 6. The lowest BCUT2D eigenvalue weighted by Crippen LogP contribution is -2.72. The summed E-state index contributed by atoms with van der Waals surface area (Å²) in [5, 5.41) is 2.28. The van der Waals surface area contributed by atoms with Crippen LogP contribution in [0.3, 0.4) is 0 Å². The Labute approximate surface area is 191 Å². The number of aryl methyl sites for hydroxylation is 2. The molecule has 0 aliphatic rings. The number of anilines is 2. The van der Waals surface area contributed by atoms with E-state index in [-0.39, 0.29) is 12.4 Å². The molecular formula is C19H21F6N5O3S. The molecule has 0 fully saturated rings. The van der Waals surface area contributed by atoms with E-state index in [4.69, 9.17) is 0 Å². The standard InChI is InChI=1S/C19H21F6N5O3S/c1-4-5-15(31)29-17(18(20,21)22,19(23,24)25)28-13-6-8-14(9-7-13)34(32,33)30-16-26-11(2)10-12(3)27-16/h6-10,28H,4-5H2,1-3H3,(H,29,31)(H,26,27,30). The lowest BCUT2D eigenvalue weighted by Gasteiger charge is -2.39. The van der Waals surface area contributed by atoms with Crippen molar-refractivity contribution >= 4 is 27.6 Å². The lowest BCUT2D eigenvalue weighted by atomic mass is 10.1. The summed E-state index contributed by atoms with van der Waals surface area (Å²) in [4.78, 5) is 19.0. The Balaban J connectivity index is 2.39. The van der Waals surface area contributed by atoms with Crippen LogP contribution in [0.5, 0.6) is 0 Å². The third kappa shape index (κ3) is 6.07. The maximum Gasteiger partial charge on any atom is 0.439 e. The van der Waals surface area contributed by atoms with E-state index in [0.717, 1.165) is 17.4 Å². The number of amides is 1. The summed E-state index contributed by atoms with van der Waals surface area (Å²) >= 11 is 0. The molecule has 0 spiro atoms. The SMILES string of the molecule is CCCC(=O)NC(Nc1ccc(S(=O)(=O)Nc2nc(C)cc(C)n2)cc1)(C(F)(F)F)C(F)(F)F. The molecule has 0 atom stereocenters. The number of nitrogens with zero attached hydrogens (tertiary/aromatic N) is 2. The lowest BCUT2D eigenvalue weighted by molar-refractivity contribution is -0.295. The third-order valence-electron chi connectivity index (χ3n) is 4.36. The number of hydrogen-bond acceptors (Lipinski definition) is 6. The Hall–Kier alpha value is -3.10. The van der Waals surface area contributed by atoms with Crippen molar-refractivity contribution in [2.45, 2.75) is 56.5 Å². The van der Waals surface area contributed by atoms with Crippen molar-refractivity contribution in [1.82, 2.24) is 15.3 Å². The number of rotatable bonds is 8. The molecular weight excluding hydrogens is 492 g/mol. The van der Waals surface area contributed by atoms with Crippen LogP contribution in [-0.2, 0) is 14.8 Å². The first-order valence-corrected chi connectivity index (χ1v) is 11.2. The average molecular weight is 513 g/mol.